The Labute approximate surface area is 66.9 Å². The quantitative estimate of drug-likeness (QED) is 0.588. The van der Waals surface area contributed by atoms with Gasteiger partial charge in [-0.2, -0.15) is 0 Å². The van der Waals surface area contributed by atoms with Gasteiger partial charge >= 0.3 is 0 Å². The Morgan fingerprint density at radius 1 is 1.36 bits per heavy atom. The molecule has 0 amide bonds. The molecule has 2 atom stereocenters. The van der Waals surface area contributed by atoms with Crippen molar-refractivity contribution in [3.63, 3.8) is 0 Å². The number of allylic oxidation sites excluding steroid dienone is 2. The van der Waals surface area contributed by atoms with Gasteiger partial charge in [0.15, 0.2) is 0 Å². The lowest BCUT2D eigenvalue weighted by Gasteiger charge is -2.23. The highest BCUT2D eigenvalue weighted by Crippen LogP contribution is 2.20. The Morgan fingerprint density at radius 2 is 2.00 bits per heavy atom. The highest BCUT2D eigenvalue weighted by atomic mass is 16.3. The van der Waals surface area contributed by atoms with Crippen molar-refractivity contribution in [1.82, 2.24) is 0 Å². The summed E-state index contributed by atoms with van der Waals surface area (Å²) < 4.78 is 0. The molecule has 0 heterocycles. The van der Waals surface area contributed by atoms with Gasteiger partial charge in [-0.25, -0.2) is 0 Å². The molecule has 0 aromatic carbocycles. The van der Waals surface area contributed by atoms with E-state index in [0.717, 1.165) is 5.57 Å². The molecule has 0 aromatic rings. The van der Waals surface area contributed by atoms with E-state index in [1.165, 1.54) is 0 Å². The van der Waals surface area contributed by atoms with E-state index in [-0.39, 0.29) is 0 Å². The minimum Gasteiger partial charge on any atom is -0.386 e. The second-order valence-electron chi connectivity index (χ2n) is 3.14. The highest BCUT2D eigenvalue weighted by Gasteiger charge is 2.22. The summed E-state index contributed by atoms with van der Waals surface area (Å²) in [5.74, 6) is 0.296. The molecule has 2 N–H and O–H groups in total. The number of aliphatic hydroxyl groups is 2. The number of hydrogen-bond donors (Lipinski definition) is 2. The van der Waals surface area contributed by atoms with E-state index < -0.39 is 12.2 Å². The van der Waals surface area contributed by atoms with Gasteiger partial charge in [-0.3, -0.25) is 0 Å². The molecule has 1 aliphatic carbocycles. The predicted octanol–water partition coefficient (Wildman–Crippen LogP) is 0.860. The summed E-state index contributed by atoms with van der Waals surface area (Å²) in [4.78, 5) is 0. The van der Waals surface area contributed by atoms with Crippen LogP contribution in [0.5, 0.6) is 0 Å². The van der Waals surface area contributed by atoms with Crippen LogP contribution in [0.3, 0.4) is 0 Å². The SMILES string of the molecule is CC(C)C1=CC=C[C@H](O)[C@@H]1O. The van der Waals surface area contributed by atoms with Crippen molar-refractivity contribution in [1.29, 1.82) is 0 Å². The van der Waals surface area contributed by atoms with Crippen LogP contribution in [0.15, 0.2) is 23.8 Å². The van der Waals surface area contributed by atoms with Crippen LogP contribution in [0, 0.1) is 5.92 Å². The first kappa shape index (κ1) is 8.50. The summed E-state index contributed by atoms with van der Waals surface area (Å²) in [6.45, 7) is 4.00. The lowest BCUT2D eigenvalue weighted by Crippen LogP contribution is -2.29. The zero-order chi connectivity index (χ0) is 8.43. The molecule has 2 nitrogen and oxygen atoms in total. The van der Waals surface area contributed by atoms with Crippen molar-refractivity contribution in [2.24, 2.45) is 5.92 Å². The smallest absolute Gasteiger partial charge is 0.105 e. The fraction of sp³-hybridized carbons (Fsp3) is 0.556. The maximum atomic E-state index is 9.44. The largest absolute Gasteiger partial charge is 0.386 e. The zero-order valence-electron chi connectivity index (χ0n) is 6.86. The molecule has 0 saturated heterocycles. The average molecular weight is 154 g/mol. The molecule has 0 aromatic heterocycles. The van der Waals surface area contributed by atoms with E-state index in [0.29, 0.717) is 5.92 Å². The van der Waals surface area contributed by atoms with Crippen molar-refractivity contribution in [3.8, 4) is 0 Å². The van der Waals surface area contributed by atoms with Crippen LogP contribution in [0.2, 0.25) is 0 Å². The van der Waals surface area contributed by atoms with Gasteiger partial charge in [0.05, 0.1) is 0 Å². The van der Waals surface area contributed by atoms with Gasteiger partial charge in [0, 0.05) is 0 Å². The van der Waals surface area contributed by atoms with Crippen molar-refractivity contribution < 1.29 is 10.2 Å². The molecular weight excluding hydrogens is 140 g/mol. The fourth-order valence-corrected chi connectivity index (χ4v) is 1.22. The molecule has 1 aliphatic rings. The van der Waals surface area contributed by atoms with Crippen molar-refractivity contribution in [2.45, 2.75) is 26.1 Å². The third-order valence-electron chi connectivity index (χ3n) is 1.93. The topological polar surface area (TPSA) is 40.5 Å². The van der Waals surface area contributed by atoms with E-state index in [1.54, 1.807) is 12.2 Å². The van der Waals surface area contributed by atoms with E-state index in [4.69, 9.17) is 0 Å². The molecular formula is C9H14O2. The van der Waals surface area contributed by atoms with Crippen molar-refractivity contribution in [3.05, 3.63) is 23.8 Å². The molecule has 0 unspecified atom stereocenters. The molecule has 0 spiro atoms. The summed E-state index contributed by atoms with van der Waals surface area (Å²) >= 11 is 0. The molecule has 0 saturated carbocycles. The van der Waals surface area contributed by atoms with Crippen molar-refractivity contribution >= 4 is 0 Å². The van der Waals surface area contributed by atoms with Gasteiger partial charge in [0.25, 0.3) is 0 Å². The van der Waals surface area contributed by atoms with Crippen LogP contribution < -0.4 is 0 Å². The first-order valence-corrected chi connectivity index (χ1v) is 3.87. The molecule has 0 bridgehead atoms. The van der Waals surface area contributed by atoms with Gasteiger partial charge in [-0.05, 0) is 11.5 Å². The Hall–Kier alpha value is -0.600. The van der Waals surface area contributed by atoms with Gasteiger partial charge in [0.1, 0.15) is 12.2 Å². The summed E-state index contributed by atoms with van der Waals surface area (Å²) in [5.41, 5.74) is 0.903. The molecule has 0 radical (unpaired) electrons. The highest BCUT2D eigenvalue weighted by molar-refractivity contribution is 5.26. The zero-order valence-corrected chi connectivity index (χ0v) is 6.86. The maximum absolute atomic E-state index is 9.44. The Bertz CT molecular complexity index is 192. The Morgan fingerprint density at radius 3 is 2.45 bits per heavy atom. The first-order chi connectivity index (χ1) is 5.13. The molecule has 0 aliphatic heterocycles. The maximum Gasteiger partial charge on any atom is 0.105 e. The second kappa shape index (κ2) is 3.20. The fourth-order valence-electron chi connectivity index (χ4n) is 1.22. The monoisotopic (exact) mass is 154 g/mol. The van der Waals surface area contributed by atoms with Crippen LogP contribution in [-0.4, -0.2) is 22.4 Å². The number of hydrogen-bond acceptors (Lipinski definition) is 2. The van der Waals surface area contributed by atoms with Crippen LogP contribution in [-0.2, 0) is 0 Å². The van der Waals surface area contributed by atoms with Gasteiger partial charge in [-0.15, -0.1) is 0 Å². The van der Waals surface area contributed by atoms with Crippen LogP contribution in [0.4, 0.5) is 0 Å². The molecule has 0 fully saturated rings. The van der Waals surface area contributed by atoms with Crippen LogP contribution in [0.1, 0.15) is 13.8 Å². The average Bonchev–Trinajstić information content (AvgIpc) is 1.94. The Kier molecular flexibility index (Phi) is 2.47. The predicted molar refractivity (Wildman–Crippen MR) is 44.1 cm³/mol. The summed E-state index contributed by atoms with van der Waals surface area (Å²) in [5, 5.41) is 18.7. The van der Waals surface area contributed by atoms with Gasteiger partial charge < -0.3 is 10.2 Å². The van der Waals surface area contributed by atoms with Gasteiger partial charge in [0.2, 0.25) is 0 Å². The van der Waals surface area contributed by atoms with E-state index in [1.807, 2.05) is 19.9 Å². The molecule has 2 heteroatoms. The third kappa shape index (κ3) is 1.70. The lowest BCUT2D eigenvalue weighted by atomic mass is 9.91. The lowest BCUT2D eigenvalue weighted by molar-refractivity contribution is 0.0659. The van der Waals surface area contributed by atoms with Gasteiger partial charge in [-0.1, -0.05) is 32.1 Å². The van der Waals surface area contributed by atoms with Crippen LogP contribution in [0.25, 0.3) is 0 Å². The first-order valence-electron chi connectivity index (χ1n) is 3.87. The summed E-state index contributed by atoms with van der Waals surface area (Å²) in [7, 11) is 0. The molecule has 11 heavy (non-hydrogen) atoms. The van der Waals surface area contributed by atoms with Crippen molar-refractivity contribution in [2.75, 3.05) is 0 Å². The van der Waals surface area contributed by atoms with E-state index in [2.05, 4.69) is 0 Å². The summed E-state index contributed by atoms with van der Waals surface area (Å²) in [6.07, 6.45) is 3.81. The minimum absolute atomic E-state index is 0.296. The normalized spacial score (nSPS) is 30.8. The number of rotatable bonds is 1. The van der Waals surface area contributed by atoms with E-state index >= 15 is 0 Å². The third-order valence-corrected chi connectivity index (χ3v) is 1.93. The summed E-state index contributed by atoms with van der Waals surface area (Å²) in [6, 6.07) is 0. The molecule has 1 rings (SSSR count). The van der Waals surface area contributed by atoms with Crippen LogP contribution >= 0.6 is 0 Å². The standard InChI is InChI=1S/C9H14O2/c1-6(2)7-4-3-5-8(10)9(7)11/h3-6,8-11H,1-2H3/t8-,9+/m0/s1. The minimum atomic E-state index is -0.725. The van der Waals surface area contributed by atoms with E-state index in [9.17, 15) is 10.2 Å². The molecule has 62 valence electrons. The second-order valence-corrected chi connectivity index (χ2v) is 3.14. The Balaban J connectivity index is 2.78. The number of aliphatic hydroxyl groups excluding tert-OH is 2.